The first-order valence-corrected chi connectivity index (χ1v) is 5.89. The molecular formula is C12H20N4O2. The summed E-state index contributed by atoms with van der Waals surface area (Å²) in [7, 11) is 3.23. The zero-order chi connectivity index (χ0) is 13.5. The number of hydrogen-bond donors (Lipinski definition) is 2. The lowest BCUT2D eigenvalue weighted by Crippen LogP contribution is -2.23. The van der Waals surface area contributed by atoms with Crippen molar-refractivity contribution in [3.05, 3.63) is 17.6 Å². The maximum atomic E-state index is 11.4. The lowest BCUT2D eigenvalue weighted by molar-refractivity contribution is 0.0586. The van der Waals surface area contributed by atoms with Gasteiger partial charge in [-0.2, -0.15) is 0 Å². The van der Waals surface area contributed by atoms with E-state index in [1.54, 1.807) is 6.07 Å². The van der Waals surface area contributed by atoms with Gasteiger partial charge in [-0.15, -0.1) is 0 Å². The monoisotopic (exact) mass is 252 g/mol. The van der Waals surface area contributed by atoms with Crippen molar-refractivity contribution in [3.63, 3.8) is 0 Å². The van der Waals surface area contributed by atoms with Crippen LogP contribution in [-0.2, 0) is 4.74 Å². The van der Waals surface area contributed by atoms with Gasteiger partial charge in [0.1, 0.15) is 5.82 Å². The Morgan fingerprint density at radius 2 is 2.17 bits per heavy atom. The van der Waals surface area contributed by atoms with E-state index in [1.807, 2.05) is 14.0 Å². The minimum Gasteiger partial charge on any atom is -0.463 e. The Labute approximate surface area is 107 Å². The molecule has 0 aromatic carbocycles. The normalized spacial score (nSPS) is 12.0. The topological polar surface area (TPSA) is 76.1 Å². The van der Waals surface area contributed by atoms with Crippen LogP contribution in [0.15, 0.2) is 6.07 Å². The predicted octanol–water partition coefficient (Wildman–Crippen LogP) is 0.839. The number of esters is 1. The van der Waals surface area contributed by atoms with Crippen LogP contribution in [0.2, 0.25) is 0 Å². The summed E-state index contributed by atoms with van der Waals surface area (Å²) in [5.74, 6) is 0.670. The van der Waals surface area contributed by atoms with Gasteiger partial charge in [-0.3, -0.25) is 0 Å². The van der Waals surface area contributed by atoms with E-state index in [9.17, 15) is 4.79 Å². The second-order valence-corrected chi connectivity index (χ2v) is 4.25. The fourth-order valence-corrected chi connectivity index (χ4v) is 1.54. The van der Waals surface area contributed by atoms with Crippen molar-refractivity contribution in [2.24, 2.45) is 5.92 Å². The van der Waals surface area contributed by atoms with Crippen LogP contribution in [0.1, 0.15) is 23.2 Å². The molecule has 0 saturated heterocycles. The first-order chi connectivity index (χ1) is 8.56. The van der Waals surface area contributed by atoms with E-state index in [0.717, 1.165) is 18.8 Å². The summed E-state index contributed by atoms with van der Waals surface area (Å²) in [6, 6.07) is 1.80. The van der Waals surface area contributed by atoms with Gasteiger partial charge in [-0.1, -0.05) is 6.92 Å². The zero-order valence-electron chi connectivity index (χ0n) is 11.3. The molecule has 6 heteroatoms. The van der Waals surface area contributed by atoms with Gasteiger partial charge in [-0.25, -0.2) is 14.8 Å². The summed E-state index contributed by atoms with van der Waals surface area (Å²) in [6.07, 6.45) is 0. The maximum absolute atomic E-state index is 11.4. The molecule has 1 heterocycles. The minimum atomic E-state index is -0.523. The Morgan fingerprint density at radius 1 is 1.44 bits per heavy atom. The number of rotatable bonds is 6. The number of methoxy groups -OCH3 is 1. The van der Waals surface area contributed by atoms with Crippen LogP contribution in [0.4, 0.5) is 5.82 Å². The molecule has 0 spiro atoms. The Bertz CT molecular complexity index is 409. The first kappa shape index (κ1) is 14.4. The second-order valence-electron chi connectivity index (χ2n) is 4.25. The molecule has 18 heavy (non-hydrogen) atoms. The highest BCUT2D eigenvalue weighted by atomic mass is 16.5. The smallest absolute Gasteiger partial charge is 0.376 e. The summed E-state index contributed by atoms with van der Waals surface area (Å²) < 4.78 is 4.61. The number of anilines is 1. The van der Waals surface area contributed by atoms with Crippen molar-refractivity contribution < 1.29 is 9.53 Å². The second kappa shape index (κ2) is 6.90. The van der Waals surface area contributed by atoms with Gasteiger partial charge in [0.05, 0.1) is 7.11 Å². The highest BCUT2D eigenvalue weighted by molar-refractivity contribution is 5.85. The number of aryl methyl sites for hydroxylation is 1. The fourth-order valence-electron chi connectivity index (χ4n) is 1.54. The van der Waals surface area contributed by atoms with E-state index in [0.29, 0.717) is 11.7 Å². The van der Waals surface area contributed by atoms with Gasteiger partial charge in [0.25, 0.3) is 0 Å². The number of nitrogens with one attached hydrogen (secondary N) is 2. The van der Waals surface area contributed by atoms with E-state index in [4.69, 9.17) is 0 Å². The molecule has 0 aliphatic rings. The molecule has 1 atom stereocenters. The molecule has 2 N–H and O–H groups in total. The van der Waals surface area contributed by atoms with Crippen LogP contribution in [0.25, 0.3) is 0 Å². The third kappa shape index (κ3) is 4.29. The average Bonchev–Trinajstić information content (AvgIpc) is 2.35. The van der Waals surface area contributed by atoms with Crippen LogP contribution in [0.5, 0.6) is 0 Å². The van der Waals surface area contributed by atoms with E-state index < -0.39 is 5.97 Å². The van der Waals surface area contributed by atoms with Crippen LogP contribution in [-0.4, -0.2) is 43.2 Å². The number of nitrogens with zero attached hydrogens (tertiary/aromatic N) is 2. The molecule has 0 fully saturated rings. The third-order valence-corrected chi connectivity index (χ3v) is 2.41. The van der Waals surface area contributed by atoms with E-state index in [-0.39, 0.29) is 5.82 Å². The highest BCUT2D eigenvalue weighted by Gasteiger charge is 2.11. The van der Waals surface area contributed by atoms with Crippen LogP contribution in [0, 0.1) is 12.8 Å². The molecule has 100 valence electrons. The summed E-state index contributed by atoms with van der Waals surface area (Å²) in [5, 5.41) is 6.30. The molecule has 0 aliphatic carbocycles. The number of carbonyl (C=O) groups excluding carboxylic acids is 1. The number of carbonyl (C=O) groups is 1. The molecule has 1 aromatic rings. The van der Waals surface area contributed by atoms with Crippen LogP contribution in [0.3, 0.4) is 0 Å². The molecule has 0 bridgehead atoms. The van der Waals surface area contributed by atoms with Crippen molar-refractivity contribution in [2.45, 2.75) is 13.8 Å². The highest BCUT2D eigenvalue weighted by Crippen LogP contribution is 2.08. The molecule has 1 unspecified atom stereocenters. The van der Waals surface area contributed by atoms with Crippen molar-refractivity contribution in [2.75, 3.05) is 32.6 Å². The summed E-state index contributed by atoms with van der Waals surface area (Å²) in [6.45, 7) is 5.63. The number of ether oxygens (including phenoxy) is 1. The third-order valence-electron chi connectivity index (χ3n) is 2.41. The molecule has 1 aromatic heterocycles. The van der Waals surface area contributed by atoms with Crippen molar-refractivity contribution >= 4 is 11.8 Å². The molecule has 0 amide bonds. The molecule has 0 aliphatic heterocycles. The Morgan fingerprint density at radius 3 is 2.78 bits per heavy atom. The fraction of sp³-hybridized carbons (Fsp3) is 0.583. The largest absolute Gasteiger partial charge is 0.463 e. The van der Waals surface area contributed by atoms with Gasteiger partial charge in [0.2, 0.25) is 5.82 Å². The summed E-state index contributed by atoms with van der Waals surface area (Å²) >= 11 is 0. The lowest BCUT2D eigenvalue weighted by Gasteiger charge is -2.13. The molecule has 0 saturated carbocycles. The van der Waals surface area contributed by atoms with Gasteiger partial charge < -0.3 is 15.4 Å². The van der Waals surface area contributed by atoms with E-state index in [1.165, 1.54) is 7.11 Å². The molecule has 1 rings (SSSR count). The van der Waals surface area contributed by atoms with Crippen molar-refractivity contribution in [3.8, 4) is 0 Å². The standard InChI is InChI=1S/C12H20N4O2/c1-8(6-13-3)7-14-10-5-9(2)15-11(16-10)12(17)18-4/h5,8,13H,6-7H2,1-4H3,(H,14,15,16). The van der Waals surface area contributed by atoms with Gasteiger partial charge in [0.15, 0.2) is 0 Å². The number of aromatic nitrogens is 2. The quantitative estimate of drug-likeness (QED) is 0.731. The molecular weight excluding hydrogens is 232 g/mol. The molecule has 0 radical (unpaired) electrons. The van der Waals surface area contributed by atoms with Crippen LogP contribution >= 0.6 is 0 Å². The predicted molar refractivity (Wildman–Crippen MR) is 69.7 cm³/mol. The SMILES string of the molecule is CNCC(C)CNc1cc(C)nc(C(=O)OC)n1. The Hall–Kier alpha value is -1.69. The maximum Gasteiger partial charge on any atom is 0.376 e. The zero-order valence-corrected chi connectivity index (χ0v) is 11.3. The van der Waals surface area contributed by atoms with Gasteiger partial charge in [0, 0.05) is 18.3 Å². The van der Waals surface area contributed by atoms with E-state index >= 15 is 0 Å². The average molecular weight is 252 g/mol. The first-order valence-electron chi connectivity index (χ1n) is 5.89. The van der Waals surface area contributed by atoms with Crippen LogP contribution < -0.4 is 10.6 Å². The van der Waals surface area contributed by atoms with Gasteiger partial charge in [-0.05, 0) is 26.4 Å². The van der Waals surface area contributed by atoms with Crippen molar-refractivity contribution in [1.29, 1.82) is 0 Å². The molecule has 6 nitrogen and oxygen atoms in total. The van der Waals surface area contributed by atoms with E-state index in [2.05, 4.69) is 32.3 Å². The summed E-state index contributed by atoms with van der Waals surface area (Å²) in [4.78, 5) is 19.5. The minimum absolute atomic E-state index is 0.0845. The summed E-state index contributed by atoms with van der Waals surface area (Å²) in [5.41, 5.74) is 0.731. The number of hydrogen-bond acceptors (Lipinski definition) is 6. The van der Waals surface area contributed by atoms with Crippen molar-refractivity contribution in [1.82, 2.24) is 15.3 Å². The van der Waals surface area contributed by atoms with Gasteiger partial charge >= 0.3 is 5.97 Å². The lowest BCUT2D eigenvalue weighted by atomic mass is 10.2. The Balaban J connectivity index is 2.71. The Kier molecular flexibility index (Phi) is 5.51.